The number of hydrogen-bond donors (Lipinski definition) is 1. The first-order valence-corrected chi connectivity index (χ1v) is 4.67. The summed E-state index contributed by atoms with van der Waals surface area (Å²) in [7, 11) is 0. The highest BCUT2D eigenvalue weighted by molar-refractivity contribution is 5.45. The first-order chi connectivity index (χ1) is 6.79. The maximum absolute atomic E-state index is 8.36. The van der Waals surface area contributed by atoms with Crippen molar-refractivity contribution in [3.05, 3.63) is 30.3 Å². The van der Waals surface area contributed by atoms with E-state index in [1.54, 1.807) is 0 Å². The van der Waals surface area contributed by atoms with Crippen molar-refractivity contribution in [3.63, 3.8) is 0 Å². The molecule has 0 saturated heterocycles. The summed E-state index contributed by atoms with van der Waals surface area (Å²) < 4.78 is 0. The van der Waals surface area contributed by atoms with Gasteiger partial charge in [-0.25, -0.2) is 0 Å². The smallest absolute Gasteiger partial charge is 0.290 e. The second-order valence-electron chi connectivity index (χ2n) is 2.61. The van der Waals surface area contributed by atoms with Crippen LogP contribution in [0.1, 0.15) is 13.8 Å². The normalized spacial score (nSPS) is 8.43. The van der Waals surface area contributed by atoms with Crippen molar-refractivity contribution in [2.75, 3.05) is 18.0 Å². The summed E-state index contributed by atoms with van der Waals surface area (Å²) in [6.45, 7) is 6.27. The Balaban J connectivity index is 0.000000500. The monoisotopic (exact) mass is 195 g/mol. The van der Waals surface area contributed by atoms with Gasteiger partial charge in [0, 0.05) is 18.8 Å². The maximum atomic E-state index is 8.36. The topological polar surface area (TPSA) is 40.5 Å². The number of nitrogens with zero attached hydrogens (tertiary/aromatic N) is 1. The van der Waals surface area contributed by atoms with Crippen molar-refractivity contribution in [1.82, 2.24) is 0 Å². The summed E-state index contributed by atoms with van der Waals surface area (Å²) in [5.74, 6) is 0. The first kappa shape index (κ1) is 12.5. The van der Waals surface area contributed by atoms with Crippen LogP contribution in [-0.2, 0) is 4.79 Å². The Bertz CT molecular complexity index is 232. The van der Waals surface area contributed by atoms with Crippen LogP contribution in [-0.4, -0.2) is 24.7 Å². The molecule has 14 heavy (non-hydrogen) atoms. The van der Waals surface area contributed by atoms with Gasteiger partial charge in [0.05, 0.1) is 0 Å². The molecule has 1 N–H and O–H groups in total. The first-order valence-electron chi connectivity index (χ1n) is 4.67. The van der Waals surface area contributed by atoms with Crippen molar-refractivity contribution in [2.24, 2.45) is 0 Å². The molecule has 1 rings (SSSR count). The molecular formula is C11H17NO2. The Morgan fingerprint density at radius 3 is 2.00 bits per heavy atom. The average molecular weight is 195 g/mol. The van der Waals surface area contributed by atoms with Gasteiger partial charge >= 0.3 is 0 Å². The lowest BCUT2D eigenvalue weighted by Gasteiger charge is -2.20. The van der Waals surface area contributed by atoms with E-state index in [9.17, 15) is 0 Å². The summed E-state index contributed by atoms with van der Waals surface area (Å²) in [5.41, 5.74) is 1.32. The van der Waals surface area contributed by atoms with Gasteiger partial charge < -0.3 is 10.0 Å². The van der Waals surface area contributed by atoms with E-state index in [0.717, 1.165) is 13.1 Å². The number of carbonyl (C=O) groups is 1. The molecule has 0 aliphatic carbocycles. The quantitative estimate of drug-likeness (QED) is 0.752. The summed E-state index contributed by atoms with van der Waals surface area (Å²) in [6, 6.07) is 10.5. The van der Waals surface area contributed by atoms with E-state index in [4.69, 9.17) is 9.90 Å². The van der Waals surface area contributed by atoms with Crippen LogP contribution in [0.3, 0.4) is 0 Å². The molecule has 1 aromatic rings. The van der Waals surface area contributed by atoms with Crippen molar-refractivity contribution < 1.29 is 9.90 Å². The van der Waals surface area contributed by atoms with Crippen molar-refractivity contribution in [2.45, 2.75) is 13.8 Å². The number of anilines is 1. The summed E-state index contributed by atoms with van der Waals surface area (Å²) in [5, 5.41) is 6.89. The zero-order valence-electron chi connectivity index (χ0n) is 8.68. The van der Waals surface area contributed by atoms with Gasteiger partial charge in [0.1, 0.15) is 0 Å². The molecule has 0 fully saturated rings. The number of hydrogen-bond acceptors (Lipinski definition) is 2. The predicted octanol–water partition coefficient (Wildman–Crippen LogP) is 2.23. The lowest BCUT2D eigenvalue weighted by molar-refractivity contribution is -0.122. The van der Waals surface area contributed by atoms with Crippen LogP contribution in [0, 0.1) is 0 Å². The number of rotatable bonds is 3. The Morgan fingerprint density at radius 2 is 1.64 bits per heavy atom. The van der Waals surface area contributed by atoms with Gasteiger partial charge in [0.15, 0.2) is 0 Å². The third-order valence-electron chi connectivity index (χ3n) is 1.88. The highest BCUT2D eigenvalue weighted by atomic mass is 16.3. The second kappa shape index (κ2) is 8.10. The van der Waals surface area contributed by atoms with E-state index in [1.807, 2.05) is 6.07 Å². The molecule has 3 nitrogen and oxygen atoms in total. The van der Waals surface area contributed by atoms with Gasteiger partial charge in [-0.1, -0.05) is 18.2 Å². The van der Waals surface area contributed by atoms with Gasteiger partial charge in [-0.15, -0.1) is 0 Å². The van der Waals surface area contributed by atoms with Gasteiger partial charge in [0.2, 0.25) is 0 Å². The minimum Gasteiger partial charge on any atom is -0.483 e. The highest BCUT2D eigenvalue weighted by Gasteiger charge is 1.97. The fourth-order valence-electron chi connectivity index (χ4n) is 1.23. The molecule has 0 atom stereocenters. The molecule has 0 aliphatic heterocycles. The van der Waals surface area contributed by atoms with E-state index < -0.39 is 0 Å². The van der Waals surface area contributed by atoms with Gasteiger partial charge in [0.25, 0.3) is 6.47 Å². The molecule has 0 heterocycles. The van der Waals surface area contributed by atoms with Crippen LogP contribution in [0.4, 0.5) is 5.69 Å². The Morgan fingerprint density at radius 1 is 1.21 bits per heavy atom. The molecule has 0 radical (unpaired) electrons. The molecule has 0 bridgehead atoms. The number of benzene rings is 1. The van der Waals surface area contributed by atoms with Crippen LogP contribution in [0.15, 0.2) is 30.3 Å². The van der Waals surface area contributed by atoms with Crippen molar-refractivity contribution in [3.8, 4) is 0 Å². The molecule has 1 aromatic carbocycles. The molecule has 0 spiro atoms. The van der Waals surface area contributed by atoms with Crippen LogP contribution >= 0.6 is 0 Å². The minimum atomic E-state index is -0.250. The second-order valence-corrected chi connectivity index (χ2v) is 2.61. The molecule has 0 aliphatic rings. The third-order valence-corrected chi connectivity index (χ3v) is 1.88. The zero-order chi connectivity index (χ0) is 10.8. The standard InChI is InChI=1S/C10H15N.CH2O2/c1-3-11(4-2)10-8-6-5-7-9-10;2-1-3/h5-9H,3-4H2,1-2H3;1H,(H,2,3). The highest BCUT2D eigenvalue weighted by Crippen LogP contribution is 2.11. The molecule has 0 aromatic heterocycles. The summed E-state index contributed by atoms with van der Waals surface area (Å²) in [6.07, 6.45) is 0. The lowest BCUT2D eigenvalue weighted by atomic mass is 10.3. The number of para-hydroxylation sites is 1. The van der Waals surface area contributed by atoms with Crippen LogP contribution < -0.4 is 4.90 Å². The molecule has 78 valence electrons. The fourth-order valence-corrected chi connectivity index (χ4v) is 1.23. The van der Waals surface area contributed by atoms with Gasteiger partial charge in [-0.2, -0.15) is 0 Å². The molecule has 0 amide bonds. The van der Waals surface area contributed by atoms with E-state index in [2.05, 4.69) is 43.0 Å². The van der Waals surface area contributed by atoms with Gasteiger partial charge in [-0.3, -0.25) is 4.79 Å². The SMILES string of the molecule is CCN(CC)c1ccccc1.O=CO. The van der Waals surface area contributed by atoms with Crippen molar-refractivity contribution in [1.29, 1.82) is 0 Å². The summed E-state index contributed by atoms with van der Waals surface area (Å²) >= 11 is 0. The molecule has 3 heteroatoms. The molecule has 0 saturated carbocycles. The Hall–Kier alpha value is -1.51. The zero-order valence-corrected chi connectivity index (χ0v) is 8.68. The maximum Gasteiger partial charge on any atom is 0.290 e. The fraction of sp³-hybridized carbons (Fsp3) is 0.364. The van der Waals surface area contributed by atoms with E-state index in [0.29, 0.717) is 0 Å². The average Bonchev–Trinajstić information content (AvgIpc) is 2.22. The minimum absolute atomic E-state index is 0.250. The molecular weight excluding hydrogens is 178 g/mol. The van der Waals surface area contributed by atoms with Crippen LogP contribution in [0.5, 0.6) is 0 Å². The van der Waals surface area contributed by atoms with Crippen molar-refractivity contribution >= 4 is 12.2 Å². The predicted molar refractivity (Wildman–Crippen MR) is 58.7 cm³/mol. The third kappa shape index (κ3) is 4.50. The van der Waals surface area contributed by atoms with Crippen LogP contribution in [0.25, 0.3) is 0 Å². The lowest BCUT2D eigenvalue weighted by Crippen LogP contribution is -2.21. The largest absolute Gasteiger partial charge is 0.483 e. The van der Waals surface area contributed by atoms with E-state index in [1.165, 1.54) is 5.69 Å². The van der Waals surface area contributed by atoms with Crippen LogP contribution in [0.2, 0.25) is 0 Å². The van der Waals surface area contributed by atoms with E-state index in [-0.39, 0.29) is 6.47 Å². The van der Waals surface area contributed by atoms with Gasteiger partial charge in [-0.05, 0) is 26.0 Å². The summed E-state index contributed by atoms with van der Waals surface area (Å²) in [4.78, 5) is 10.7. The Kier molecular flexibility index (Phi) is 7.23. The Labute approximate surface area is 85.0 Å². The number of carboxylic acid groups (broad SMARTS) is 1. The molecule has 0 unspecified atom stereocenters. The van der Waals surface area contributed by atoms with E-state index >= 15 is 0 Å².